The van der Waals surface area contributed by atoms with Crippen LogP contribution in [0.15, 0.2) is 42.6 Å². The molecule has 2 aromatic rings. The number of rotatable bonds is 3. The lowest BCUT2D eigenvalue weighted by Crippen LogP contribution is -2.39. The van der Waals surface area contributed by atoms with E-state index in [1.54, 1.807) is 6.20 Å². The standard InChI is InChI=1S/C17H17N3O2/c18-10-11-1-3-12(4-2-11)13-7-8-19-15(9-13)14-5-6-16(21)20-17(14)22/h1-4,7-9,14H,5-6,10,18H2,(H,20,21,22). The number of imide groups is 1. The summed E-state index contributed by atoms with van der Waals surface area (Å²) in [4.78, 5) is 27.5. The van der Waals surface area contributed by atoms with Gasteiger partial charge in [0.05, 0.1) is 11.6 Å². The van der Waals surface area contributed by atoms with Crippen LogP contribution in [0.2, 0.25) is 0 Å². The summed E-state index contributed by atoms with van der Waals surface area (Å²) in [7, 11) is 0. The van der Waals surface area contributed by atoms with Gasteiger partial charge in [-0.1, -0.05) is 24.3 Å². The molecule has 1 aliphatic rings. The summed E-state index contributed by atoms with van der Waals surface area (Å²) in [6, 6.07) is 11.8. The Morgan fingerprint density at radius 2 is 1.91 bits per heavy atom. The predicted molar refractivity (Wildman–Crippen MR) is 82.7 cm³/mol. The lowest BCUT2D eigenvalue weighted by Gasteiger charge is -2.20. The number of nitrogens with one attached hydrogen (secondary N) is 1. The van der Waals surface area contributed by atoms with Crippen LogP contribution >= 0.6 is 0 Å². The second kappa shape index (κ2) is 6.07. The summed E-state index contributed by atoms with van der Waals surface area (Å²) >= 11 is 0. The first kappa shape index (κ1) is 14.4. The van der Waals surface area contributed by atoms with E-state index in [-0.39, 0.29) is 17.7 Å². The van der Waals surface area contributed by atoms with Gasteiger partial charge in [-0.05, 0) is 35.2 Å². The van der Waals surface area contributed by atoms with Crippen molar-refractivity contribution in [2.24, 2.45) is 5.73 Å². The van der Waals surface area contributed by atoms with Gasteiger partial charge in [0.1, 0.15) is 0 Å². The molecule has 1 unspecified atom stereocenters. The van der Waals surface area contributed by atoms with Crippen molar-refractivity contribution in [3.05, 3.63) is 53.9 Å². The van der Waals surface area contributed by atoms with E-state index in [1.807, 2.05) is 36.4 Å². The van der Waals surface area contributed by atoms with Crippen LogP contribution < -0.4 is 11.1 Å². The second-order valence-electron chi connectivity index (χ2n) is 5.37. The number of nitrogens with zero attached hydrogens (tertiary/aromatic N) is 1. The third kappa shape index (κ3) is 2.89. The Morgan fingerprint density at radius 1 is 1.14 bits per heavy atom. The molecular weight excluding hydrogens is 278 g/mol. The molecule has 0 saturated carbocycles. The van der Waals surface area contributed by atoms with Crippen LogP contribution in [0, 0.1) is 0 Å². The maximum Gasteiger partial charge on any atom is 0.235 e. The molecule has 1 atom stereocenters. The first-order valence-electron chi connectivity index (χ1n) is 7.26. The zero-order chi connectivity index (χ0) is 15.5. The van der Waals surface area contributed by atoms with Crippen LogP contribution in [0.4, 0.5) is 0 Å². The van der Waals surface area contributed by atoms with E-state index < -0.39 is 0 Å². The first-order valence-corrected chi connectivity index (χ1v) is 7.26. The third-order valence-electron chi connectivity index (χ3n) is 3.90. The predicted octanol–water partition coefficient (Wildman–Crippen LogP) is 1.73. The van der Waals surface area contributed by atoms with Gasteiger partial charge >= 0.3 is 0 Å². The number of aromatic nitrogens is 1. The Kier molecular flexibility index (Phi) is 3.98. The molecule has 5 heteroatoms. The number of piperidine rings is 1. The molecule has 2 amide bonds. The van der Waals surface area contributed by atoms with Crippen molar-refractivity contribution in [2.45, 2.75) is 25.3 Å². The fourth-order valence-electron chi connectivity index (χ4n) is 2.63. The highest BCUT2D eigenvalue weighted by atomic mass is 16.2. The average molecular weight is 295 g/mol. The number of nitrogens with two attached hydrogens (primary N) is 1. The van der Waals surface area contributed by atoms with Gasteiger partial charge in [-0.15, -0.1) is 0 Å². The largest absolute Gasteiger partial charge is 0.326 e. The van der Waals surface area contributed by atoms with Gasteiger partial charge in [-0.25, -0.2) is 0 Å². The smallest absolute Gasteiger partial charge is 0.235 e. The number of amides is 2. The lowest BCUT2D eigenvalue weighted by molar-refractivity contribution is -0.134. The first-order chi connectivity index (χ1) is 10.7. The quantitative estimate of drug-likeness (QED) is 0.844. The van der Waals surface area contributed by atoms with E-state index in [2.05, 4.69) is 10.3 Å². The third-order valence-corrected chi connectivity index (χ3v) is 3.90. The second-order valence-corrected chi connectivity index (χ2v) is 5.37. The molecule has 3 rings (SSSR count). The van der Waals surface area contributed by atoms with Crippen molar-refractivity contribution in [3.8, 4) is 11.1 Å². The molecule has 1 saturated heterocycles. The minimum absolute atomic E-state index is 0.213. The molecule has 1 fully saturated rings. The normalized spacial score (nSPS) is 18.1. The number of pyridine rings is 1. The van der Waals surface area contributed by atoms with Gasteiger partial charge in [0, 0.05) is 19.2 Å². The average Bonchev–Trinajstić information content (AvgIpc) is 2.55. The zero-order valence-electron chi connectivity index (χ0n) is 12.1. The number of hydrogen-bond donors (Lipinski definition) is 2. The number of hydrogen-bond acceptors (Lipinski definition) is 4. The van der Waals surface area contributed by atoms with E-state index in [9.17, 15) is 9.59 Å². The highest BCUT2D eigenvalue weighted by Gasteiger charge is 2.29. The van der Waals surface area contributed by atoms with Crippen LogP contribution in [0.3, 0.4) is 0 Å². The Morgan fingerprint density at radius 3 is 2.59 bits per heavy atom. The van der Waals surface area contributed by atoms with Crippen LogP contribution in [-0.4, -0.2) is 16.8 Å². The summed E-state index contributed by atoms with van der Waals surface area (Å²) in [5.74, 6) is -0.838. The topological polar surface area (TPSA) is 85.1 Å². The fraction of sp³-hybridized carbons (Fsp3) is 0.235. The maximum absolute atomic E-state index is 12.0. The summed E-state index contributed by atoms with van der Waals surface area (Å²) in [6.07, 6.45) is 2.56. The Balaban J connectivity index is 1.88. The molecule has 3 N–H and O–H groups in total. The molecule has 1 aromatic carbocycles. The van der Waals surface area contributed by atoms with Gasteiger partial charge in [-0.3, -0.25) is 19.9 Å². The van der Waals surface area contributed by atoms with Gasteiger partial charge in [0.15, 0.2) is 0 Å². The van der Waals surface area contributed by atoms with Gasteiger partial charge in [0.25, 0.3) is 0 Å². The Bertz CT molecular complexity index is 710. The van der Waals surface area contributed by atoms with Crippen molar-refractivity contribution >= 4 is 11.8 Å². The fourth-order valence-corrected chi connectivity index (χ4v) is 2.63. The molecule has 1 aromatic heterocycles. The Labute approximate surface area is 128 Å². The molecule has 1 aliphatic heterocycles. The van der Waals surface area contributed by atoms with E-state index in [1.165, 1.54) is 0 Å². The molecule has 0 bridgehead atoms. The molecule has 2 heterocycles. The molecular formula is C17H17N3O2. The van der Waals surface area contributed by atoms with E-state index >= 15 is 0 Å². The van der Waals surface area contributed by atoms with Crippen LogP contribution in [0.5, 0.6) is 0 Å². The Hall–Kier alpha value is -2.53. The van der Waals surface area contributed by atoms with Crippen LogP contribution in [0.1, 0.15) is 30.0 Å². The van der Waals surface area contributed by atoms with E-state index in [4.69, 9.17) is 5.73 Å². The number of carbonyl (C=O) groups is 2. The van der Waals surface area contributed by atoms with Gasteiger partial charge in [0.2, 0.25) is 11.8 Å². The van der Waals surface area contributed by atoms with Gasteiger partial charge in [-0.2, -0.15) is 0 Å². The monoisotopic (exact) mass is 295 g/mol. The van der Waals surface area contributed by atoms with Crippen molar-refractivity contribution in [1.29, 1.82) is 0 Å². The van der Waals surface area contributed by atoms with E-state index in [0.29, 0.717) is 25.1 Å². The minimum atomic E-state index is -0.360. The summed E-state index contributed by atoms with van der Waals surface area (Å²) in [6.45, 7) is 0.512. The highest BCUT2D eigenvalue weighted by Crippen LogP contribution is 2.27. The lowest BCUT2D eigenvalue weighted by atomic mass is 9.92. The van der Waals surface area contributed by atoms with Crippen LogP contribution in [0.25, 0.3) is 11.1 Å². The zero-order valence-corrected chi connectivity index (χ0v) is 12.1. The van der Waals surface area contributed by atoms with E-state index in [0.717, 1.165) is 16.7 Å². The summed E-state index contributed by atoms with van der Waals surface area (Å²) in [5.41, 5.74) is 9.42. The van der Waals surface area contributed by atoms with Crippen molar-refractivity contribution in [2.75, 3.05) is 0 Å². The number of benzene rings is 1. The van der Waals surface area contributed by atoms with Crippen LogP contribution in [-0.2, 0) is 16.1 Å². The minimum Gasteiger partial charge on any atom is -0.326 e. The molecule has 112 valence electrons. The SMILES string of the molecule is NCc1ccc(-c2ccnc(C3CCC(=O)NC3=O)c2)cc1. The molecule has 22 heavy (non-hydrogen) atoms. The highest BCUT2D eigenvalue weighted by molar-refractivity contribution is 6.00. The summed E-state index contributed by atoms with van der Waals surface area (Å²) in [5, 5.41) is 2.37. The molecule has 0 spiro atoms. The van der Waals surface area contributed by atoms with Gasteiger partial charge < -0.3 is 5.73 Å². The number of carbonyl (C=O) groups excluding carboxylic acids is 2. The molecule has 0 aliphatic carbocycles. The maximum atomic E-state index is 12.0. The molecule has 0 radical (unpaired) electrons. The van der Waals surface area contributed by atoms with Crippen molar-refractivity contribution in [1.82, 2.24) is 10.3 Å². The van der Waals surface area contributed by atoms with Crippen molar-refractivity contribution in [3.63, 3.8) is 0 Å². The summed E-state index contributed by atoms with van der Waals surface area (Å²) < 4.78 is 0. The van der Waals surface area contributed by atoms with Crippen molar-refractivity contribution < 1.29 is 9.59 Å². The molecule has 5 nitrogen and oxygen atoms in total.